The Hall–Kier alpha value is -5.50. The van der Waals surface area contributed by atoms with E-state index < -0.39 is 34.4 Å². The number of carbonyl (C=O) groups is 1. The summed E-state index contributed by atoms with van der Waals surface area (Å²) in [6, 6.07) is 48.1. The number of nitrogens with one attached hydrogen (secondary N) is 2. The number of hydrogen-bond acceptors (Lipinski definition) is 8. The molecule has 0 saturated carbocycles. The Kier molecular flexibility index (Phi) is 15.0. The second-order valence-corrected chi connectivity index (χ2v) is 18.3. The van der Waals surface area contributed by atoms with Crippen molar-refractivity contribution in [2.45, 2.75) is 81.9 Å². The van der Waals surface area contributed by atoms with Crippen molar-refractivity contribution >= 4 is 15.9 Å². The number of aliphatic hydroxyl groups is 2. The largest absolute Gasteiger partial charge is 0.392 e. The number of nitrogens with zero attached hydrogens (tertiary/aromatic N) is 1. The predicted octanol–water partition coefficient (Wildman–Crippen LogP) is 8.21. The molecule has 4 N–H and O–H groups in total. The zero-order chi connectivity index (χ0) is 44.5. The SMILES string of the molecule is Cc1ccc(S(=O)(=O)N[C@H](Cc2ccccc2)C(=O)NCc2cccc(-c3ccc([C@@H]4O[C@H](CN(C)[C@H](C)[C@@H](O)c5ccccc5)[C@H](C)[C@H](c5ccc(CO)cc5)O4)cc3)c2)cc1. The van der Waals surface area contributed by atoms with Crippen LogP contribution in [0.3, 0.4) is 0 Å². The molecular weight excluding hydrogens is 811 g/mol. The third kappa shape index (κ3) is 11.6. The Morgan fingerprint density at radius 3 is 2.05 bits per heavy atom. The molecule has 63 heavy (non-hydrogen) atoms. The number of hydrogen-bond donors (Lipinski definition) is 4. The van der Waals surface area contributed by atoms with Crippen LogP contribution in [0.25, 0.3) is 11.1 Å². The fourth-order valence-corrected chi connectivity index (χ4v) is 9.16. The highest BCUT2D eigenvalue weighted by molar-refractivity contribution is 7.89. The highest BCUT2D eigenvalue weighted by atomic mass is 32.2. The van der Waals surface area contributed by atoms with Gasteiger partial charge < -0.3 is 25.0 Å². The van der Waals surface area contributed by atoms with Gasteiger partial charge in [-0.1, -0.05) is 152 Å². The Morgan fingerprint density at radius 1 is 0.746 bits per heavy atom. The molecule has 6 aromatic rings. The molecule has 10 nitrogen and oxygen atoms in total. The third-order valence-corrected chi connectivity index (χ3v) is 13.5. The first-order chi connectivity index (χ1) is 30.4. The number of benzene rings is 6. The molecule has 0 bridgehead atoms. The number of aliphatic hydroxyl groups excluding tert-OH is 2. The first-order valence-corrected chi connectivity index (χ1v) is 22.9. The van der Waals surface area contributed by atoms with E-state index in [1.54, 1.807) is 12.1 Å². The summed E-state index contributed by atoms with van der Waals surface area (Å²) in [6.45, 7) is 6.75. The fraction of sp³-hybridized carbons (Fsp3) is 0.288. The van der Waals surface area contributed by atoms with Crippen molar-refractivity contribution in [3.8, 4) is 11.1 Å². The van der Waals surface area contributed by atoms with Gasteiger partial charge >= 0.3 is 0 Å². The van der Waals surface area contributed by atoms with E-state index in [2.05, 4.69) is 21.9 Å². The van der Waals surface area contributed by atoms with E-state index in [1.807, 2.05) is 154 Å². The van der Waals surface area contributed by atoms with Gasteiger partial charge in [-0.2, -0.15) is 4.72 Å². The van der Waals surface area contributed by atoms with Crippen LogP contribution in [0.1, 0.15) is 71.3 Å². The Morgan fingerprint density at radius 2 is 1.38 bits per heavy atom. The lowest BCUT2D eigenvalue weighted by molar-refractivity contribution is -0.276. The molecule has 7 rings (SSSR count). The molecule has 1 amide bonds. The zero-order valence-electron chi connectivity index (χ0n) is 36.2. The molecule has 7 atom stereocenters. The maximum absolute atomic E-state index is 13.7. The van der Waals surface area contributed by atoms with E-state index in [9.17, 15) is 23.4 Å². The van der Waals surface area contributed by atoms with Gasteiger partial charge in [-0.3, -0.25) is 9.69 Å². The Balaban J connectivity index is 1.05. The lowest BCUT2D eigenvalue weighted by Crippen LogP contribution is -2.47. The van der Waals surface area contributed by atoms with Crippen LogP contribution in [-0.2, 0) is 43.9 Å². The first kappa shape index (κ1) is 45.5. The molecule has 1 fully saturated rings. The van der Waals surface area contributed by atoms with Crippen molar-refractivity contribution in [1.82, 2.24) is 14.9 Å². The van der Waals surface area contributed by atoms with Crippen LogP contribution in [-0.4, -0.2) is 61.2 Å². The number of amides is 1. The maximum Gasteiger partial charge on any atom is 0.241 e. The van der Waals surface area contributed by atoms with Gasteiger partial charge in [-0.15, -0.1) is 0 Å². The minimum Gasteiger partial charge on any atom is -0.392 e. The van der Waals surface area contributed by atoms with Crippen molar-refractivity contribution in [3.05, 3.63) is 197 Å². The quantitative estimate of drug-likeness (QED) is 0.0721. The maximum atomic E-state index is 13.7. The molecule has 1 aliphatic heterocycles. The second-order valence-electron chi connectivity index (χ2n) is 16.6. The number of ether oxygens (including phenoxy) is 2. The number of likely N-dealkylation sites (N-methyl/N-ethyl adjacent to an activating group) is 1. The topological polar surface area (TPSA) is 137 Å². The van der Waals surface area contributed by atoms with Crippen LogP contribution < -0.4 is 10.0 Å². The van der Waals surface area contributed by atoms with E-state index in [1.165, 1.54) is 12.1 Å². The average molecular weight is 868 g/mol. The van der Waals surface area contributed by atoms with Crippen molar-refractivity contribution < 1.29 is 32.9 Å². The number of rotatable bonds is 17. The van der Waals surface area contributed by atoms with Crippen LogP contribution >= 0.6 is 0 Å². The molecule has 1 heterocycles. The van der Waals surface area contributed by atoms with Gasteiger partial charge in [0.2, 0.25) is 15.9 Å². The molecule has 328 valence electrons. The van der Waals surface area contributed by atoms with Crippen molar-refractivity contribution in [3.63, 3.8) is 0 Å². The van der Waals surface area contributed by atoms with Gasteiger partial charge in [0.25, 0.3) is 0 Å². The fourth-order valence-electron chi connectivity index (χ4n) is 7.96. The molecule has 0 unspecified atom stereocenters. The average Bonchev–Trinajstić information content (AvgIpc) is 3.31. The van der Waals surface area contributed by atoms with E-state index in [4.69, 9.17) is 9.47 Å². The van der Waals surface area contributed by atoms with E-state index >= 15 is 0 Å². The van der Waals surface area contributed by atoms with Crippen molar-refractivity contribution in [2.24, 2.45) is 5.92 Å². The Labute approximate surface area is 371 Å². The molecule has 0 aliphatic carbocycles. The number of aryl methyl sites for hydroxylation is 1. The predicted molar refractivity (Wildman–Crippen MR) is 246 cm³/mol. The smallest absolute Gasteiger partial charge is 0.241 e. The second kappa shape index (κ2) is 20.8. The summed E-state index contributed by atoms with van der Waals surface area (Å²) >= 11 is 0. The summed E-state index contributed by atoms with van der Waals surface area (Å²) in [5.41, 5.74) is 8.06. The summed E-state index contributed by atoms with van der Waals surface area (Å²) < 4.78 is 42.9. The van der Waals surface area contributed by atoms with Gasteiger partial charge in [0.15, 0.2) is 6.29 Å². The molecular formula is C52H57N3O7S. The molecule has 1 saturated heterocycles. The van der Waals surface area contributed by atoms with Gasteiger partial charge in [0.1, 0.15) is 6.04 Å². The summed E-state index contributed by atoms with van der Waals surface area (Å²) in [7, 11) is -1.97. The minimum atomic E-state index is -3.97. The van der Waals surface area contributed by atoms with E-state index in [-0.39, 0.29) is 48.6 Å². The lowest BCUT2D eigenvalue weighted by Gasteiger charge is -2.43. The molecule has 0 spiro atoms. The highest BCUT2D eigenvalue weighted by Crippen LogP contribution is 2.42. The standard InChI is InChI=1S/C52H57N3O7S/c1-35-18-28-46(29-19-35)63(59,60)54-47(31-38-12-7-5-8-13-38)51(58)53-32-40-14-11-17-45(30-40)41-24-26-44(27-25-41)52-61-48(33-55(4)37(3)49(57)42-15-9-6-10-16-42)36(2)50(62-52)43-22-20-39(34-56)21-23-43/h5-30,36-37,47-50,52,54,56-57H,31-34H2,1-4H3,(H,53,58)/t36-,37+,47+,48+,49+,50+,52+/m0/s1. The van der Waals surface area contributed by atoms with Crippen molar-refractivity contribution in [1.29, 1.82) is 0 Å². The summed E-state index contributed by atoms with van der Waals surface area (Å²) in [5, 5.41) is 23.9. The molecule has 11 heteroatoms. The molecule has 6 aromatic carbocycles. The summed E-state index contributed by atoms with van der Waals surface area (Å²) in [6.07, 6.45) is -1.69. The molecule has 0 radical (unpaired) electrons. The monoisotopic (exact) mass is 867 g/mol. The Bertz CT molecular complexity index is 2500. The van der Waals surface area contributed by atoms with Gasteiger partial charge in [-0.25, -0.2) is 8.42 Å². The summed E-state index contributed by atoms with van der Waals surface area (Å²) in [5.74, 6) is -0.464. The minimum absolute atomic E-state index is 0.0331. The van der Waals surface area contributed by atoms with E-state index in [0.717, 1.165) is 50.1 Å². The molecule has 0 aromatic heterocycles. The highest BCUT2D eigenvalue weighted by Gasteiger charge is 2.39. The van der Waals surface area contributed by atoms with Gasteiger partial charge in [0.05, 0.1) is 29.8 Å². The lowest BCUT2D eigenvalue weighted by atomic mass is 9.89. The van der Waals surface area contributed by atoms with Crippen molar-refractivity contribution in [2.75, 3.05) is 13.6 Å². The molecule has 1 aliphatic rings. The van der Waals surface area contributed by atoms with Crippen LogP contribution in [0.5, 0.6) is 0 Å². The van der Waals surface area contributed by atoms with Gasteiger partial charge in [-0.05, 0) is 84.5 Å². The van der Waals surface area contributed by atoms with Gasteiger partial charge in [0, 0.05) is 30.6 Å². The van der Waals surface area contributed by atoms with Crippen LogP contribution in [0, 0.1) is 12.8 Å². The van der Waals surface area contributed by atoms with Crippen LogP contribution in [0.15, 0.2) is 163 Å². The summed E-state index contributed by atoms with van der Waals surface area (Å²) in [4.78, 5) is 15.9. The number of carbonyl (C=O) groups excluding carboxylic acids is 1. The van der Waals surface area contributed by atoms with Crippen LogP contribution in [0.4, 0.5) is 0 Å². The zero-order valence-corrected chi connectivity index (χ0v) is 37.0. The van der Waals surface area contributed by atoms with E-state index in [0.29, 0.717) is 6.54 Å². The third-order valence-electron chi connectivity index (χ3n) is 12.0. The van der Waals surface area contributed by atoms with Crippen LogP contribution in [0.2, 0.25) is 0 Å². The number of sulfonamides is 1. The first-order valence-electron chi connectivity index (χ1n) is 21.4. The normalized spacial score (nSPS) is 19.3.